The van der Waals surface area contributed by atoms with Gasteiger partial charge in [-0.05, 0) is 51.3 Å². The molecular weight excluding hydrogens is 361 g/mol. The fourth-order valence-corrected chi connectivity index (χ4v) is 2.64. The molecule has 0 saturated heterocycles. The third-order valence-corrected chi connectivity index (χ3v) is 4.31. The quantitative estimate of drug-likeness (QED) is 0.803. The highest BCUT2D eigenvalue weighted by atomic mass is 79.9. The summed E-state index contributed by atoms with van der Waals surface area (Å²) in [5, 5.41) is 2.21. The Balaban J connectivity index is 1.94. The zero-order chi connectivity index (χ0) is 15.0. The summed E-state index contributed by atoms with van der Waals surface area (Å²) in [6.45, 7) is 0.00851. The Hall–Kier alpha value is -1.59. The average molecular weight is 371 g/mol. The minimum Gasteiger partial charge on any atom is -0.482 e. The number of hydrogen-bond donors (Lipinski definition) is 1. The molecule has 3 rings (SSSR count). The normalized spacial score (nSPS) is 14.9. The maximum atomic E-state index is 13.6. The van der Waals surface area contributed by atoms with E-state index >= 15 is 0 Å². The predicted octanol–water partition coefficient (Wildman–Crippen LogP) is 4.25. The molecule has 3 nitrogen and oxygen atoms in total. The molecule has 21 heavy (non-hydrogen) atoms. The van der Waals surface area contributed by atoms with Crippen molar-refractivity contribution >= 4 is 39.1 Å². The van der Waals surface area contributed by atoms with E-state index < -0.39 is 5.38 Å². The van der Waals surface area contributed by atoms with Gasteiger partial charge in [0.25, 0.3) is 5.91 Å². The number of anilines is 1. The Kier molecular flexibility index (Phi) is 3.87. The summed E-state index contributed by atoms with van der Waals surface area (Å²) in [6, 6.07) is 10.0. The van der Waals surface area contributed by atoms with Gasteiger partial charge in [-0.1, -0.05) is 12.1 Å². The highest BCUT2D eigenvalue weighted by Crippen LogP contribution is 2.36. The molecule has 1 atom stereocenters. The fourth-order valence-electron chi connectivity index (χ4n) is 2.12. The SMILES string of the molecule is O=C1COc2ccc(C(Cl)c3ccc(Br)c(F)c3)cc2N1. The van der Waals surface area contributed by atoms with Crippen molar-refractivity contribution in [1.29, 1.82) is 0 Å². The van der Waals surface area contributed by atoms with Crippen LogP contribution < -0.4 is 10.1 Å². The predicted molar refractivity (Wildman–Crippen MR) is 82.4 cm³/mol. The van der Waals surface area contributed by atoms with Gasteiger partial charge in [-0.3, -0.25) is 4.79 Å². The summed E-state index contributed by atoms with van der Waals surface area (Å²) in [6.07, 6.45) is 0. The van der Waals surface area contributed by atoms with Gasteiger partial charge in [-0.15, -0.1) is 11.6 Å². The number of carbonyl (C=O) groups is 1. The lowest BCUT2D eigenvalue weighted by molar-refractivity contribution is -0.118. The molecular formula is C15H10BrClFNO2. The Bertz CT molecular complexity index is 723. The lowest BCUT2D eigenvalue weighted by Gasteiger charge is -2.20. The molecule has 0 aliphatic carbocycles. The fraction of sp³-hybridized carbons (Fsp3) is 0.133. The number of amides is 1. The summed E-state index contributed by atoms with van der Waals surface area (Å²) in [5.74, 6) is 0.0254. The molecule has 1 heterocycles. The largest absolute Gasteiger partial charge is 0.482 e. The molecule has 1 N–H and O–H groups in total. The van der Waals surface area contributed by atoms with E-state index in [1.165, 1.54) is 6.07 Å². The number of ether oxygens (including phenoxy) is 1. The van der Waals surface area contributed by atoms with Crippen LogP contribution in [0.15, 0.2) is 40.9 Å². The summed E-state index contributed by atoms with van der Waals surface area (Å²) >= 11 is 9.51. The number of halogens is 3. The summed E-state index contributed by atoms with van der Waals surface area (Å²) in [5.41, 5.74) is 1.97. The zero-order valence-electron chi connectivity index (χ0n) is 10.7. The number of rotatable bonds is 2. The molecule has 1 amide bonds. The van der Waals surface area contributed by atoms with Crippen molar-refractivity contribution in [3.8, 4) is 5.75 Å². The standard InChI is InChI=1S/C15H10BrClFNO2/c16-10-3-1-8(5-11(10)18)15(17)9-2-4-13-12(6-9)19-14(20)7-21-13/h1-6,15H,7H2,(H,19,20). The minimum atomic E-state index is -0.517. The van der Waals surface area contributed by atoms with Gasteiger partial charge in [0.1, 0.15) is 11.6 Å². The van der Waals surface area contributed by atoms with E-state index in [1.54, 1.807) is 30.3 Å². The molecule has 6 heteroatoms. The van der Waals surface area contributed by atoms with Crippen LogP contribution in [0.1, 0.15) is 16.5 Å². The van der Waals surface area contributed by atoms with Gasteiger partial charge in [0, 0.05) is 0 Å². The van der Waals surface area contributed by atoms with Crippen molar-refractivity contribution in [1.82, 2.24) is 0 Å². The first-order valence-corrected chi connectivity index (χ1v) is 7.43. The van der Waals surface area contributed by atoms with Crippen LogP contribution >= 0.6 is 27.5 Å². The van der Waals surface area contributed by atoms with Crippen molar-refractivity contribution in [2.75, 3.05) is 11.9 Å². The smallest absolute Gasteiger partial charge is 0.262 e. The number of carbonyl (C=O) groups excluding carboxylic acids is 1. The lowest BCUT2D eigenvalue weighted by atomic mass is 10.0. The summed E-state index contributed by atoms with van der Waals surface area (Å²) < 4.78 is 19.3. The highest BCUT2D eigenvalue weighted by Gasteiger charge is 2.19. The molecule has 0 bridgehead atoms. The van der Waals surface area contributed by atoms with Crippen LogP contribution in [-0.2, 0) is 4.79 Å². The van der Waals surface area contributed by atoms with E-state index in [0.29, 0.717) is 21.5 Å². The molecule has 2 aromatic carbocycles. The van der Waals surface area contributed by atoms with Crippen LogP contribution in [-0.4, -0.2) is 12.5 Å². The van der Waals surface area contributed by atoms with Gasteiger partial charge in [-0.25, -0.2) is 4.39 Å². The number of benzene rings is 2. The van der Waals surface area contributed by atoms with Crippen molar-refractivity contribution in [3.63, 3.8) is 0 Å². The number of nitrogens with one attached hydrogen (secondary N) is 1. The van der Waals surface area contributed by atoms with Crippen molar-refractivity contribution in [2.45, 2.75) is 5.38 Å². The molecule has 0 fully saturated rings. The second kappa shape index (κ2) is 5.66. The van der Waals surface area contributed by atoms with Crippen LogP contribution in [0.5, 0.6) is 5.75 Å². The number of fused-ring (bicyclic) bond motifs is 1. The van der Waals surface area contributed by atoms with Gasteiger partial charge in [0.2, 0.25) is 0 Å². The van der Waals surface area contributed by atoms with Gasteiger partial charge in [0.05, 0.1) is 15.5 Å². The molecule has 1 aliphatic rings. The molecule has 108 valence electrons. The monoisotopic (exact) mass is 369 g/mol. The first kappa shape index (κ1) is 14.4. The van der Waals surface area contributed by atoms with Gasteiger partial charge < -0.3 is 10.1 Å². The zero-order valence-corrected chi connectivity index (χ0v) is 13.0. The topological polar surface area (TPSA) is 38.3 Å². The maximum absolute atomic E-state index is 13.6. The Labute approximate surface area is 134 Å². The Morgan fingerprint density at radius 3 is 2.71 bits per heavy atom. The summed E-state index contributed by atoms with van der Waals surface area (Å²) in [4.78, 5) is 11.3. The van der Waals surface area contributed by atoms with E-state index in [2.05, 4.69) is 21.2 Å². The van der Waals surface area contributed by atoms with Crippen molar-refractivity contribution in [2.24, 2.45) is 0 Å². The third kappa shape index (κ3) is 2.89. The molecule has 1 unspecified atom stereocenters. The van der Waals surface area contributed by atoms with E-state index in [-0.39, 0.29) is 18.3 Å². The molecule has 0 radical (unpaired) electrons. The van der Waals surface area contributed by atoms with Crippen LogP contribution in [0.25, 0.3) is 0 Å². The first-order valence-electron chi connectivity index (χ1n) is 6.20. The molecule has 1 aliphatic heterocycles. The minimum absolute atomic E-state index is 0.00851. The van der Waals surface area contributed by atoms with Crippen LogP contribution in [0.2, 0.25) is 0 Å². The first-order chi connectivity index (χ1) is 10.0. The van der Waals surface area contributed by atoms with E-state index in [0.717, 1.165) is 5.56 Å². The highest BCUT2D eigenvalue weighted by molar-refractivity contribution is 9.10. The van der Waals surface area contributed by atoms with Crippen LogP contribution in [0.3, 0.4) is 0 Å². The van der Waals surface area contributed by atoms with Crippen molar-refractivity contribution in [3.05, 3.63) is 57.8 Å². The number of hydrogen-bond acceptors (Lipinski definition) is 2. The van der Waals surface area contributed by atoms with Gasteiger partial charge >= 0.3 is 0 Å². The van der Waals surface area contributed by atoms with E-state index in [1.807, 2.05) is 0 Å². The lowest BCUT2D eigenvalue weighted by Crippen LogP contribution is -2.25. The van der Waals surface area contributed by atoms with E-state index in [4.69, 9.17) is 16.3 Å². The van der Waals surface area contributed by atoms with Gasteiger partial charge in [-0.2, -0.15) is 0 Å². The van der Waals surface area contributed by atoms with Gasteiger partial charge in [0.15, 0.2) is 6.61 Å². The van der Waals surface area contributed by atoms with Crippen molar-refractivity contribution < 1.29 is 13.9 Å². The third-order valence-electron chi connectivity index (χ3n) is 3.17. The molecule has 0 aromatic heterocycles. The van der Waals surface area contributed by atoms with Crippen LogP contribution in [0, 0.1) is 5.82 Å². The van der Waals surface area contributed by atoms with E-state index in [9.17, 15) is 9.18 Å². The molecule has 2 aromatic rings. The molecule has 0 spiro atoms. The maximum Gasteiger partial charge on any atom is 0.262 e. The Morgan fingerprint density at radius 1 is 1.24 bits per heavy atom. The second-order valence-electron chi connectivity index (χ2n) is 4.63. The Morgan fingerprint density at radius 2 is 1.95 bits per heavy atom. The van der Waals surface area contributed by atoms with Crippen LogP contribution in [0.4, 0.5) is 10.1 Å². The second-order valence-corrected chi connectivity index (χ2v) is 5.92. The number of alkyl halides is 1. The molecule has 0 saturated carbocycles. The average Bonchev–Trinajstić information content (AvgIpc) is 2.48. The summed E-state index contributed by atoms with van der Waals surface area (Å²) in [7, 11) is 0.